The molecule has 0 radical (unpaired) electrons. The van der Waals surface area contributed by atoms with Gasteiger partial charge in [-0.25, -0.2) is 4.39 Å². The Morgan fingerprint density at radius 2 is 1.67 bits per heavy atom. The van der Waals surface area contributed by atoms with Crippen LogP contribution in [0.1, 0.15) is 58.3 Å². The zero-order valence-electron chi connectivity index (χ0n) is 11.6. The smallest absolute Gasteiger partial charge is 0.160 e. The van der Waals surface area contributed by atoms with E-state index in [9.17, 15) is 4.39 Å². The van der Waals surface area contributed by atoms with Crippen LogP contribution in [-0.4, -0.2) is 25.7 Å². The Morgan fingerprint density at radius 1 is 1.00 bits per heavy atom. The minimum absolute atomic E-state index is 0.0556. The van der Waals surface area contributed by atoms with Gasteiger partial charge in [0.05, 0.1) is 13.2 Å². The number of ether oxygens (including phenoxy) is 2. The number of hydrogen-bond donors (Lipinski definition) is 0. The Labute approximate surface area is 110 Å². The highest BCUT2D eigenvalue weighted by molar-refractivity contribution is 4.76. The van der Waals surface area contributed by atoms with Crippen LogP contribution in [-0.2, 0) is 9.47 Å². The van der Waals surface area contributed by atoms with Gasteiger partial charge in [0.1, 0.15) is 6.17 Å². The predicted octanol–water partition coefficient (Wildman–Crippen LogP) is 4.08. The minimum atomic E-state index is -0.591. The third-order valence-corrected chi connectivity index (χ3v) is 4.29. The molecule has 1 saturated heterocycles. The molecule has 3 heteroatoms. The average Bonchev–Trinajstić information content (AvgIpc) is 2.41. The Balaban J connectivity index is 1.63. The van der Waals surface area contributed by atoms with Gasteiger partial charge in [0.2, 0.25) is 0 Å². The summed E-state index contributed by atoms with van der Waals surface area (Å²) in [5.74, 6) is 0.999. The molecule has 1 aliphatic heterocycles. The molecule has 2 aliphatic rings. The second-order valence-corrected chi connectivity index (χ2v) is 5.91. The first kappa shape index (κ1) is 14.3. The molecule has 1 heterocycles. The Hall–Kier alpha value is -0.150. The molecule has 2 nitrogen and oxygen atoms in total. The molecular weight excluding hydrogens is 231 g/mol. The Kier molecular flexibility index (Phi) is 5.90. The van der Waals surface area contributed by atoms with Crippen LogP contribution in [0.15, 0.2) is 0 Å². The zero-order valence-corrected chi connectivity index (χ0v) is 11.6. The first-order valence-electron chi connectivity index (χ1n) is 7.67. The molecule has 2 rings (SSSR count). The molecule has 0 bridgehead atoms. The fraction of sp³-hybridized carbons (Fsp3) is 1.00. The van der Waals surface area contributed by atoms with Crippen molar-refractivity contribution >= 4 is 0 Å². The SMILES string of the molecule is CCCCC[C@H]1CO[C@H]([C@H]2CC[C@H](F)CC2)OC1. The molecule has 0 N–H and O–H groups in total. The molecule has 1 saturated carbocycles. The molecule has 0 unspecified atom stereocenters. The lowest BCUT2D eigenvalue weighted by molar-refractivity contribution is -0.230. The molecule has 0 aromatic carbocycles. The van der Waals surface area contributed by atoms with Crippen LogP contribution in [0, 0.1) is 11.8 Å². The van der Waals surface area contributed by atoms with E-state index in [1.54, 1.807) is 0 Å². The van der Waals surface area contributed by atoms with Gasteiger partial charge < -0.3 is 9.47 Å². The maximum atomic E-state index is 13.1. The fourth-order valence-electron chi connectivity index (χ4n) is 3.03. The second kappa shape index (κ2) is 7.44. The van der Waals surface area contributed by atoms with Gasteiger partial charge in [0.15, 0.2) is 6.29 Å². The summed E-state index contributed by atoms with van der Waals surface area (Å²) in [6.45, 7) is 3.90. The number of unbranched alkanes of at least 4 members (excludes halogenated alkanes) is 2. The molecule has 1 aliphatic carbocycles. The lowest BCUT2D eigenvalue weighted by atomic mass is 9.87. The second-order valence-electron chi connectivity index (χ2n) is 5.91. The van der Waals surface area contributed by atoms with E-state index in [0.717, 1.165) is 26.1 Å². The quantitative estimate of drug-likeness (QED) is 0.692. The number of hydrogen-bond acceptors (Lipinski definition) is 2. The first-order chi connectivity index (χ1) is 8.79. The van der Waals surface area contributed by atoms with Crippen molar-refractivity contribution < 1.29 is 13.9 Å². The summed E-state index contributed by atoms with van der Waals surface area (Å²) in [6, 6.07) is 0. The lowest BCUT2D eigenvalue weighted by Crippen LogP contribution is -2.38. The van der Waals surface area contributed by atoms with Gasteiger partial charge in [0, 0.05) is 11.8 Å². The van der Waals surface area contributed by atoms with Crippen molar-refractivity contribution in [1.82, 2.24) is 0 Å². The normalized spacial score (nSPS) is 37.7. The van der Waals surface area contributed by atoms with E-state index in [1.165, 1.54) is 25.7 Å². The summed E-state index contributed by atoms with van der Waals surface area (Å²) in [4.78, 5) is 0. The van der Waals surface area contributed by atoms with E-state index >= 15 is 0 Å². The van der Waals surface area contributed by atoms with Crippen LogP contribution in [0.2, 0.25) is 0 Å². The summed E-state index contributed by atoms with van der Waals surface area (Å²) in [7, 11) is 0. The fourth-order valence-corrected chi connectivity index (χ4v) is 3.03. The molecule has 0 aromatic heterocycles. The topological polar surface area (TPSA) is 18.5 Å². The molecule has 0 aromatic rings. The molecule has 0 atom stereocenters. The van der Waals surface area contributed by atoms with Crippen molar-refractivity contribution in [3.8, 4) is 0 Å². The van der Waals surface area contributed by atoms with E-state index in [1.807, 2.05) is 0 Å². The molecule has 0 spiro atoms. The molecule has 0 amide bonds. The Morgan fingerprint density at radius 3 is 2.28 bits per heavy atom. The van der Waals surface area contributed by atoms with Crippen molar-refractivity contribution in [1.29, 1.82) is 0 Å². The highest BCUT2D eigenvalue weighted by Gasteiger charge is 2.32. The van der Waals surface area contributed by atoms with Crippen molar-refractivity contribution in [2.45, 2.75) is 70.8 Å². The van der Waals surface area contributed by atoms with E-state index in [0.29, 0.717) is 24.7 Å². The highest BCUT2D eigenvalue weighted by Crippen LogP contribution is 2.32. The molecule has 18 heavy (non-hydrogen) atoms. The molecule has 106 valence electrons. The van der Waals surface area contributed by atoms with Gasteiger partial charge in [-0.2, -0.15) is 0 Å². The van der Waals surface area contributed by atoms with Crippen molar-refractivity contribution in [2.75, 3.05) is 13.2 Å². The average molecular weight is 258 g/mol. The maximum absolute atomic E-state index is 13.1. The third kappa shape index (κ3) is 4.20. The molecule has 2 fully saturated rings. The van der Waals surface area contributed by atoms with E-state index < -0.39 is 6.17 Å². The lowest BCUT2D eigenvalue weighted by Gasteiger charge is -2.36. The van der Waals surface area contributed by atoms with E-state index in [4.69, 9.17) is 9.47 Å². The van der Waals surface area contributed by atoms with Crippen LogP contribution in [0.5, 0.6) is 0 Å². The minimum Gasteiger partial charge on any atom is -0.352 e. The summed E-state index contributed by atoms with van der Waals surface area (Å²) < 4.78 is 24.8. The van der Waals surface area contributed by atoms with Crippen LogP contribution >= 0.6 is 0 Å². The van der Waals surface area contributed by atoms with Crippen LogP contribution in [0.4, 0.5) is 4.39 Å². The van der Waals surface area contributed by atoms with Gasteiger partial charge in [-0.1, -0.05) is 26.2 Å². The molecular formula is C15H27FO2. The van der Waals surface area contributed by atoms with E-state index in [2.05, 4.69) is 6.92 Å². The third-order valence-electron chi connectivity index (χ3n) is 4.29. The standard InChI is InChI=1S/C15H27FO2/c1-2-3-4-5-12-10-17-15(18-11-12)13-6-8-14(16)9-7-13/h12-15H,2-11H2,1H3/t12-,13-,14-,15-. The van der Waals surface area contributed by atoms with Gasteiger partial charge >= 0.3 is 0 Å². The number of halogens is 1. The highest BCUT2D eigenvalue weighted by atomic mass is 19.1. The zero-order chi connectivity index (χ0) is 12.8. The Bertz CT molecular complexity index is 219. The summed E-state index contributed by atoms with van der Waals surface area (Å²) in [5.41, 5.74) is 0. The number of rotatable bonds is 5. The van der Waals surface area contributed by atoms with Gasteiger partial charge in [-0.15, -0.1) is 0 Å². The maximum Gasteiger partial charge on any atom is 0.160 e. The predicted molar refractivity (Wildman–Crippen MR) is 70.2 cm³/mol. The van der Waals surface area contributed by atoms with Gasteiger partial charge in [-0.05, 0) is 32.1 Å². The van der Waals surface area contributed by atoms with Crippen LogP contribution < -0.4 is 0 Å². The monoisotopic (exact) mass is 258 g/mol. The van der Waals surface area contributed by atoms with Crippen molar-refractivity contribution in [3.63, 3.8) is 0 Å². The van der Waals surface area contributed by atoms with Crippen LogP contribution in [0.25, 0.3) is 0 Å². The summed E-state index contributed by atoms with van der Waals surface area (Å²) in [5, 5.41) is 0. The summed E-state index contributed by atoms with van der Waals surface area (Å²) >= 11 is 0. The number of alkyl halides is 1. The van der Waals surface area contributed by atoms with Crippen molar-refractivity contribution in [2.24, 2.45) is 11.8 Å². The van der Waals surface area contributed by atoms with Gasteiger partial charge in [0.25, 0.3) is 0 Å². The van der Waals surface area contributed by atoms with Gasteiger partial charge in [-0.3, -0.25) is 0 Å². The first-order valence-corrected chi connectivity index (χ1v) is 7.67. The van der Waals surface area contributed by atoms with E-state index in [-0.39, 0.29) is 6.29 Å². The van der Waals surface area contributed by atoms with Crippen molar-refractivity contribution in [3.05, 3.63) is 0 Å². The summed E-state index contributed by atoms with van der Waals surface area (Å²) in [6.07, 6.45) is 7.65. The van der Waals surface area contributed by atoms with Crippen LogP contribution in [0.3, 0.4) is 0 Å². The largest absolute Gasteiger partial charge is 0.352 e.